The molecule has 1 aromatic rings. The van der Waals surface area contributed by atoms with Crippen LogP contribution in [-0.2, 0) is 12.6 Å². The maximum atomic E-state index is 12.8. The lowest BCUT2D eigenvalue weighted by atomic mass is 10.0. The second kappa shape index (κ2) is 8.27. The van der Waals surface area contributed by atoms with Gasteiger partial charge >= 0.3 is 6.18 Å². The number of hydrogen-bond acceptors (Lipinski definition) is 2. The highest BCUT2D eigenvalue weighted by molar-refractivity contribution is 5.38. The zero-order valence-corrected chi connectivity index (χ0v) is 12.7. The number of aryl methyl sites for hydroxylation is 1. The predicted molar refractivity (Wildman–Crippen MR) is 78.4 cm³/mol. The minimum Gasteiger partial charge on any atom is -0.494 e. The first-order valence-corrected chi connectivity index (χ1v) is 7.47. The van der Waals surface area contributed by atoms with Crippen molar-refractivity contribution in [3.8, 4) is 5.75 Å². The molecule has 0 radical (unpaired) electrons. The zero-order valence-electron chi connectivity index (χ0n) is 12.7. The van der Waals surface area contributed by atoms with Crippen LogP contribution in [0.15, 0.2) is 18.2 Å². The van der Waals surface area contributed by atoms with E-state index in [-0.39, 0.29) is 6.04 Å². The smallest absolute Gasteiger partial charge is 0.416 e. The molecule has 1 unspecified atom stereocenters. The first-order chi connectivity index (χ1) is 9.88. The Balaban J connectivity index is 2.76. The number of ether oxygens (including phenoxy) is 1. The Morgan fingerprint density at radius 2 is 1.90 bits per heavy atom. The third kappa shape index (κ3) is 5.96. The van der Waals surface area contributed by atoms with Gasteiger partial charge in [0, 0.05) is 6.04 Å². The van der Waals surface area contributed by atoms with Crippen molar-refractivity contribution in [3.63, 3.8) is 0 Å². The van der Waals surface area contributed by atoms with Gasteiger partial charge in [0.1, 0.15) is 5.75 Å². The summed E-state index contributed by atoms with van der Waals surface area (Å²) in [5, 5.41) is 0. The second-order valence-electron chi connectivity index (χ2n) is 5.19. The molecule has 0 aliphatic heterocycles. The Morgan fingerprint density at radius 1 is 1.19 bits per heavy atom. The zero-order chi connectivity index (χ0) is 15.9. The van der Waals surface area contributed by atoms with E-state index in [1.807, 2.05) is 6.92 Å². The maximum absolute atomic E-state index is 12.8. The molecule has 0 aliphatic carbocycles. The van der Waals surface area contributed by atoms with Crippen molar-refractivity contribution in [2.75, 3.05) is 6.61 Å². The first kappa shape index (κ1) is 17.8. The van der Waals surface area contributed by atoms with E-state index in [9.17, 15) is 13.2 Å². The van der Waals surface area contributed by atoms with Crippen molar-refractivity contribution in [1.29, 1.82) is 0 Å². The van der Waals surface area contributed by atoms with E-state index in [4.69, 9.17) is 10.5 Å². The molecular weight excluding hydrogens is 279 g/mol. The molecule has 0 aliphatic rings. The van der Waals surface area contributed by atoms with Crippen molar-refractivity contribution in [3.05, 3.63) is 29.3 Å². The van der Waals surface area contributed by atoms with Crippen molar-refractivity contribution in [2.45, 2.75) is 58.2 Å². The van der Waals surface area contributed by atoms with Crippen LogP contribution in [-0.4, -0.2) is 12.6 Å². The number of alkyl halides is 3. The third-order valence-electron chi connectivity index (χ3n) is 3.37. The molecule has 1 aromatic carbocycles. The summed E-state index contributed by atoms with van der Waals surface area (Å²) in [7, 11) is 0. The summed E-state index contributed by atoms with van der Waals surface area (Å²) in [5.74, 6) is 0.537. The van der Waals surface area contributed by atoms with Gasteiger partial charge in [-0.3, -0.25) is 0 Å². The molecule has 5 heteroatoms. The van der Waals surface area contributed by atoms with Crippen molar-refractivity contribution < 1.29 is 17.9 Å². The highest BCUT2D eigenvalue weighted by Crippen LogP contribution is 2.33. The van der Waals surface area contributed by atoms with E-state index in [1.54, 1.807) is 0 Å². The predicted octanol–water partition coefficient (Wildman–Crippen LogP) is 4.55. The summed E-state index contributed by atoms with van der Waals surface area (Å²) in [4.78, 5) is 0. The number of benzene rings is 1. The molecule has 0 heterocycles. The average molecular weight is 303 g/mol. The van der Waals surface area contributed by atoms with E-state index in [2.05, 4.69) is 6.92 Å². The summed E-state index contributed by atoms with van der Waals surface area (Å²) >= 11 is 0. The van der Waals surface area contributed by atoms with Gasteiger partial charge in [0.15, 0.2) is 0 Å². The molecule has 21 heavy (non-hydrogen) atoms. The monoisotopic (exact) mass is 303 g/mol. The molecule has 120 valence electrons. The topological polar surface area (TPSA) is 35.2 Å². The van der Waals surface area contributed by atoms with Crippen LogP contribution in [0.3, 0.4) is 0 Å². The summed E-state index contributed by atoms with van der Waals surface area (Å²) in [5.41, 5.74) is 5.91. The normalized spacial score (nSPS) is 13.2. The van der Waals surface area contributed by atoms with Crippen LogP contribution in [0, 0.1) is 0 Å². The summed E-state index contributed by atoms with van der Waals surface area (Å²) in [6.45, 7) is 4.33. The standard InChI is InChI=1S/C16H24F3NO/c1-3-6-14(20)8-5-7-12-11-13(16(17,18)19)9-10-15(12)21-4-2/h9-11,14H,3-8,20H2,1-2H3. The molecular formula is C16H24F3NO. The van der Waals surface area contributed by atoms with Crippen LogP contribution < -0.4 is 10.5 Å². The van der Waals surface area contributed by atoms with E-state index < -0.39 is 11.7 Å². The quantitative estimate of drug-likeness (QED) is 0.764. The Kier molecular flexibility index (Phi) is 7.02. The number of hydrogen-bond donors (Lipinski definition) is 1. The molecule has 0 aromatic heterocycles. The Morgan fingerprint density at radius 3 is 2.48 bits per heavy atom. The summed E-state index contributed by atoms with van der Waals surface area (Å²) in [6, 6.07) is 3.79. The SMILES string of the molecule is CCCC(N)CCCc1cc(C(F)(F)F)ccc1OCC. The molecule has 0 spiro atoms. The third-order valence-corrected chi connectivity index (χ3v) is 3.37. The molecule has 1 rings (SSSR count). The lowest BCUT2D eigenvalue weighted by molar-refractivity contribution is -0.137. The molecule has 2 N–H and O–H groups in total. The van der Waals surface area contributed by atoms with Gasteiger partial charge in [-0.1, -0.05) is 13.3 Å². The fourth-order valence-corrected chi connectivity index (χ4v) is 2.32. The van der Waals surface area contributed by atoms with Crippen LogP contribution in [0.4, 0.5) is 13.2 Å². The van der Waals surface area contributed by atoms with Gasteiger partial charge < -0.3 is 10.5 Å². The fraction of sp³-hybridized carbons (Fsp3) is 0.625. The van der Waals surface area contributed by atoms with E-state index >= 15 is 0 Å². The summed E-state index contributed by atoms with van der Waals surface area (Å²) < 4.78 is 43.7. The molecule has 0 saturated carbocycles. The molecule has 1 atom stereocenters. The van der Waals surface area contributed by atoms with Crippen LogP contribution in [0.2, 0.25) is 0 Å². The lowest BCUT2D eigenvalue weighted by Crippen LogP contribution is -2.19. The van der Waals surface area contributed by atoms with Crippen LogP contribution >= 0.6 is 0 Å². The van der Waals surface area contributed by atoms with Crippen LogP contribution in [0.1, 0.15) is 50.7 Å². The first-order valence-electron chi connectivity index (χ1n) is 7.47. The highest BCUT2D eigenvalue weighted by Gasteiger charge is 2.31. The molecule has 0 bridgehead atoms. The summed E-state index contributed by atoms with van der Waals surface area (Å²) in [6.07, 6.45) is -0.219. The number of halogens is 3. The highest BCUT2D eigenvalue weighted by atomic mass is 19.4. The molecule has 2 nitrogen and oxygen atoms in total. The van der Waals surface area contributed by atoms with Gasteiger partial charge in [0.05, 0.1) is 12.2 Å². The van der Waals surface area contributed by atoms with Gasteiger partial charge in [-0.25, -0.2) is 0 Å². The van der Waals surface area contributed by atoms with Gasteiger partial charge in [0.25, 0.3) is 0 Å². The Hall–Kier alpha value is -1.23. The molecule has 0 amide bonds. The van der Waals surface area contributed by atoms with Crippen LogP contribution in [0.5, 0.6) is 5.75 Å². The Bertz CT molecular complexity index is 432. The van der Waals surface area contributed by atoms with Crippen molar-refractivity contribution in [1.82, 2.24) is 0 Å². The second-order valence-corrected chi connectivity index (χ2v) is 5.19. The largest absolute Gasteiger partial charge is 0.494 e. The minimum absolute atomic E-state index is 0.122. The fourth-order valence-electron chi connectivity index (χ4n) is 2.32. The molecule has 0 saturated heterocycles. The van der Waals surface area contributed by atoms with E-state index in [1.165, 1.54) is 12.1 Å². The minimum atomic E-state index is -4.32. The lowest BCUT2D eigenvalue weighted by Gasteiger charge is -2.15. The van der Waals surface area contributed by atoms with E-state index in [0.717, 1.165) is 31.7 Å². The number of nitrogens with two attached hydrogens (primary N) is 1. The van der Waals surface area contributed by atoms with Gasteiger partial charge in [-0.2, -0.15) is 13.2 Å². The van der Waals surface area contributed by atoms with Crippen molar-refractivity contribution >= 4 is 0 Å². The Labute approximate surface area is 124 Å². The number of rotatable bonds is 8. The van der Waals surface area contributed by atoms with Gasteiger partial charge in [-0.15, -0.1) is 0 Å². The molecule has 0 fully saturated rings. The van der Waals surface area contributed by atoms with E-state index in [0.29, 0.717) is 24.3 Å². The average Bonchev–Trinajstić information content (AvgIpc) is 2.40. The van der Waals surface area contributed by atoms with Crippen LogP contribution in [0.25, 0.3) is 0 Å². The maximum Gasteiger partial charge on any atom is 0.416 e. The van der Waals surface area contributed by atoms with Gasteiger partial charge in [0.2, 0.25) is 0 Å². The van der Waals surface area contributed by atoms with Gasteiger partial charge in [-0.05, 0) is 56.4 Å². The van der Waals surface area contributed by atoms with Crippen molar-refractivity contribution in [2.24, 2.45) is 5.73 Å².